The molecule has 19 heavy (non-hydrogen) atoms. The molecule has 3 unspecified atom stereocenters. The van der Waals surface area contributed by atoms with E-state index >= 15 is 0 Å². The Kier molecular flexibility index (Phi) is 13.1. The molecule has 1 N–H and O–H groups in total. The fourth-order valence-electron chi connectivity index (χ4n) is 2.15. The van der Waals surface area contributed by atoms with Crippen molar-refractivity contribution in [3.05, 3.63) is 0 Å². The Morgan fingerprint density at radius 1 is 1.16 bits per heavy atom. The van der Waals surface area contributed by atoms with Gasteiger partial charge in [-0.2, -0.15) is 0 Å². The van der Waals surface area contributed by atoms with E-state index in [2.05, 4.69) is 6.92 Å². The smallest absolute Gasteiger partial charge is 0.550 e. The molecule has 0 spiro atoms. The first-order chi connectivity index (χ1) is 8.40. The number of carboxylic acid groups (broad SMARTS) is 2. The van der Waals surface area contributed by atoms with Gasteiger partial charge in [-0.3, -0.25) is 4.79 Å². The molecule has 0 aliphatic carbocycles. The minimum absolute atomic E-state index is 0. The van der Waals surface area contributed by atoms with Crippen molar-refractivity contribution >= 4 is 11.9 Å². The second-order valence-corrected chi connectivity index (χ2v) is 5.24. The molecule has 0 bridgehead atoms. The third-order valence-electron chi connectivity index (χ3n) is 3.50. The standard InChI is InChI=1S/C14H26O4.Na/c1-4-5-6-7-8-10(2)9-12(14(17)18)11(3)13(15)16;/h10-12H,4-9H2,1-3H3,(H,15,16)(H,17,18);/q;+1/p-1. The van der Waals surface area contributed by atoms with E-state index in [1.165, 1.54) is 19.8 Å². The number of carboxylic acids is 2. The van der Waals surface area contributed by atoms with Gasteiger partial charge in [-0.25, -0.2) is 0 Å². The minimum Gasteiger partial charge on any atom is -0.550 e. The first kappa shape index (κ1) is 21.2. The van der Waals surface area contributed by atoms with Gasteiger partial charge in [0.15, 0.2) is 0 Å². The summed E-state index contributed by atoms with van der Waals surface area (Å²) in [6.45, 7) is 5.55. The Bertz CT molecular complexity index is 268. The van der Waals surface area contributed by atoms with E-state index in [1.54, 1.807) is 0 Å². The first-order valence-corrected chi connectivity index (χ1v) is 6.83. The number of rotatable bonds is 10. The molecule has 0 heterocycles. The van der Waals surface area contributed by atoms with Crippen molar-refractivity contribution in [3.8, 4) is 0 Å². The van der Waals surface area contributed by atoms with Crippen molar-refractivity contribution in [2.45, 2.75) is 59.3 Å². The van der Waals surface area contributed by atoms with Crippen molar-refractivity contribution in [2.75, 3.05) is 0 Å². The quantitative estimate of drug-likeness (QED) is 0.414. The molecule has 0 saturated carbocycles. The number of hydrogen-bond acceptors (Lipinski definition) is 3. The number of hydrogen-bond donors (Lipinski definition) is 1. The molecule has 0 fully saturated rings. The zero-order valence-corrected chi connectivity index (χ0v) is 14.6. The maximum Gasteiger partial charge on any atom is 1.00 e. The fraction of sp³-hybridized carbons (Fsp3) is 0.857. The van der Waals surface area contributed by atoms with E-state index in [9.17, 15) is 14.7 Å². The zero-order chi connectivity index (χ0) is 14.1. The van der Waals surface area contributed by atoms with Crippen LogP contribution in [0.4, 0.5) is 0 Å². The largest absolute Gasteiger partial charge is 1.00 e. The minimum atomic E-state index is -1.28. The van der Waals surface area contributed by atoms with Crippen molar-refractivity contribution in [1.82, 2.24) is 0 Å². The Labute approximate surface area is 138 Å². The van der Waals surface area contributed by atoms with Crippen molar-refractivity contribution < 1.29 is 49.4 Å². The predicted octanol–water partition coefficient (Wildman–Crippen LogP) is -0.926. The van der Waals surface area contributed by atoms with Gasteiger partial charge in [-0.1, -0.05) is 52.9 Å². The van der Waals surface area contributed by atoms with Crippen molar-refractivity contribution in [3.63, 3.8) is 0 Å². The molecule has 0 aromatic carbocycles. The van der Waals surface area contributed by atoms with E-state index in [0.29, 0.717) is 6.42 Å². The van der Waals surface area contributed by atoms with Gasteiger partial charge in [0, 0.05) is 11.9 Å². The SMILES string of the molecule is CCCCCCC(C)CC(C(=O)O)C(C)C(=O)[O-].[Na+]. The molecule has 0 aliphatic heterocycles. The summed E-state index contributed by atoms with van der Waals surface area (Å²) in [6.07, 6.45) is 5.99. The van der Waals surface area contributed by atoms with Gasteiger partial charge in [0.05, 0.1) is 5.92 Å². The van der Waals surface area contributed by atoms with Crippen LogP contribution in [-0.4, -0.2) is 17.0 Å². The fourth-order valence-corrected chi connectivity index (χ4v) is 2.15. The van der Waals surface area contributed by atoms with Crippen LogP contribution in [0.2, 0.25) is 0 Å². The molecule has 0 radical (unpaired) electrons. The summed E-state index contributed by atoms with van der Waals surface area (Å²) in [5.41, 5.74) is 0. The summed E-state index contributed by atoms with van der Waals surface area (Å²) in [4.78, 5) is 21.8. The Hall–Kier alpha value is -0.0600. The summed E-state index contributed by atoms with van der Waals surface area (Å²) < 4.78 is 0. The molecular weight excluding hydrogens is 255 g/mol. The van der Waals surface area contributed by atoms with Gasteiger partial charge in [0.2, 0.25) is 0 Å². The molecule has 106 valence electrons. The molecule has 3 atom stereocenters. The van der Waals surface area contributed by atoms with Gasteiger partial charge in [-0.05, 0) is 12.3 Å². The van der Waals surface area contributed by atoms with Crippen LogP contribution >= 0.6 is 0 Å². The van der Waals surface area contributed by atoms with E-state index in [4.69, 9.17) is 5.11 Å². The van der Waals surface area contributed by atoms with E-state index in [1.807, 2.05) is 6.92 Å². The predicted molar refractivity (Wildman–Crippen MR) is 67.8 cm³/mol. The topological polar surface area (TPSA) is 77.4 Å². The first-order valence-electron chi connectivity index (χ1n) is 6.83. The van der Waals surface area contributed by atoms with Crippen LogP contribution in [0.5, 0.6) is 0 Å². The third-order valence-corrected chi connectivity index (χ3v) is 3.50. The molecule has 0 saturated heterocycles. The van der Waals surface area contributed by atoms with Gasteiger partial charge in [-0.15, -0.1) is 0 Å². The maximum atomic E-state index is 11.1. The summed E-state index contributed by atoms with van der Waals surface area (Å²) in [7, 11) is 0. The van der Waals surface area contributed by atoms with Gasteiger partial charge >= 0.3 is 35.5 Å². The van der Waals surface area contributed by atoms with Gasteiger partial charge in [0.25, 0.3) is 0 Å². The zero-order valence-electron chi connectivity index (χ0n) is 12.6. The number of carbonyl (C=O) groups is 2. The summed E-state index contributed by atoms with van der Waals surface area (Å²) >= 11 is 0. The molecule has 5 heteroatoms. The normalized spacial score (nSPS) is 15.1. The van der Waals surface area contributed by atoms with Crippen LogP contribution < -0.4 is 34.7 Å². The van der Waals surface area contributed by atoms with Crippen molar-refractivity contribution in [2.24, 2.45) is 17.8 Å². The molecule has 0 aromatic rings. The van der Waals surface area contributed by atoms with E-state index < -0.39 is 23.8 Å². The van der Waals surface area contributed by atoms with Crippen molar-refractivity contribution in [1.29, 1.82) is 0 Å². The summed E-state index contributed by atoms with van der Waals surface area (Å²) in [5, 5.41) is 19.8. The molecule has 0 amide bonds. The molecule has 0 rings (SSSR count). The van der Waals surface area contributed by atoms with Crippen LogP contribution in [0.15, 0.2) is 0 Å². The van der Waals surface area contributed by atoms with Crippen LogP contribution in [0.25, 0.3) is 0 Å². The van der Waals surface area contributed by atoms with Crippen LogP contribution in [0, 0.1) is 17.8 Å². The Morgan fingerprint density at radius 2 is 1.74 bits per heavy atom. The molecule has 4 nitrogen and oxygen atoms in total. The second kappa shape index (κ2) is 11.7. The maximum absolute atomic E-state index is 11.1. The van der Waals surface area contributed by atoms with E-state index in [-0.39, 0.29) is 35.5 Å². The average molecular weight is 280 g/mol. The summed E-state index contributed by atoms with van der Waals surface area (Å²) in [6, 6.07) is 0. The summed E-state index contributed by atoms with van der Waals surface area (Å²) in [5.74, 6) is -3.84. The van der Waals surface area contributed by atoms with E-state index in [0.717, 1.165) is 19.3 Å². The number of carbonyl (C=O) groups excluding carboxylic acids is 1. The molecular formula is C14H25NaO4. The second-order valence-electron chi connectivity index (χ2n) is 5.24. The monoisotopic (exact) mass is 280 g/mol. The number of unbranched alkanes of at least 4 members (excludes halogenated alkanes) is 3. The van der Waals surface area contributed by atoms with Crippen LogP contribution in [-0.2, 0) is 9.59 Å². The average Bonchev–Trinajstić information content (AvgIpc) is 2.30. The Balaban J connectivity index is 0. The number of aliphatic carboxylic acids is 2. The molecule has 0 aliphatic rings. The van der Waals surface area contributed by atoms with Gasteiger partial charge in [0.1, 0.15) is 0 Å². The van der Waals surface area contributed by atoms with Crippen LogP contribution in [0.1, 0.15) is 59.3 Å². The Morgan fingerprint density at radius 3 is 2.16 bits per heavy atom. The van der Waals surface area contributed by atoms with Crippen LogP contribution in [0.3, 0.4) is 0 Å². The molecule has 0 aromatic heterocycles. The third kappa shape index (κ3) is 9.47. The van der Waals surface area contributed by atoms with Gasteiger partial charge < -0.3 is 15.0 Å².